The molecule has 0 radical (unpaired) electrons. The third-order valence-electron chi connectivity index (χ3n) is 3.83. The molecule has 3 atom stereocenters. The highest BCUT2D eigenvalue weighted by Gasteiger charge is 2.43. The van der Waals surface area contributed by atoms with Gasteiger partial charge < -0.3 is 5.11 Å². The van der Waals surface area contributed by atoms with E-state index in [1.807, 2.05) is 0 Å². The maximum absolute atomic E-state index is 11.5. The molecule has 0 aromatic heterocycles. The molecule has 0 aliphatic carbocycles. The van der Waals surface area contributed by atoms with Gasteiger partial charge in [0.2, 0.25) is 0 Å². The van der Waals surface area contributed by atoms with Crippen LogP contribution in [0.3, 0.4) is 0 Å². The molecule has 3 unspecified atom stereocenters. The summed E-state index contributed by atoms with van der Waals surface area (Å²) in [5, 5.41) is 9.86. The van der Waals surface area contributed by atoms with Crippen molar-refractivity contribution in [3.63, 3.8) is 0 Å². The van der Waals surface area contributed by atoms with Gasteiger partial charge in [0.05, 0.1) is 23.7 Å². The summed E-state index contributed by atoms with van der Waals surface area (Å²) in [6, 6.07) is 0.271. The van der Waals surface area contributed by atoms with Gasteiger partial charge in [0.15, 0.2) is 9.84 Å². The summed E-state index contributed by atoms with van der Waals surface area (Å²) in [5.74, 6) is 0.606. The molecule has 0 aromatic carbocycles. The molecule has 0 aromatic rings. The van der Waals surface area contributed by atoms with E-state index < -0.39 is 15.9 Å². The zero-order valence-electron chi connectivity index (χ0n) is 9.96. The predicted octanol–water partition coefficient (Wildman–Crippen LogP) is 0.265. The first-order valence-electron chi connectivity index (χ1n) is 6.05. The lowest BCUT2D eigenvalue weighted by Gasteiger charge is -2.33. The summed E-state index contributed by atoms with van der Waals surface area (Å²) in [7, 11) is -3.02. The van der Waals surface area contributed by atoms with E-state index in [1.54, 1.807) is 0 Å². The Hall–Kier alpha value is -0.130. The summed E-state index contributed by atoms with van der Waals surface area (Å²) < 4.78 is 23.0. The molecule has 0 amide bonds. The van der Waals surface area contributed by atoms with Crippen molar-refractivity contribution in [1.82, 2.24) is 4.90 Å². The van der Waals surface area contributed by atoms with Gasteiger partial charge in [-0.2, -0.15) is 0 Å². The molecule has 2 aliphatic heterocycles. The first-order chi connectivity index (χ1) is 7.41. The molecule has 2 rings (SSSR count). The van der Waals surface area contributed by atoms with Crippen molar-refractivity contribution in [3.8, 4) is 0 Å². The van der Waals surface area contributed by atoms with Crippen molar-refractivity contribution in [3.05, 3.63) is 0 Å². The average molecular weight is 247 g/mol. The van der Waals surface area contributed by atoms with Gasteiger partial charge in [-0.25, -0.2) is 8.42 Å². The Morgan fingerprint density at radius 2 is 2.00 bits per heavy atom. The average Bonchev–Trinajstić information content (AvgIpc) is 2.69. The van der Waals surface area contributed by atoms with Crippen molar-refractivity contribution in [1.29, 1.82) is 0 Å². The fourth-order valence-corrected chi connectivity index (χ4v) is 4.88. The van der Waals surface area contributed by atoms with Crippen molar-refractivity contribution in [2.24, 2.45) is 5.92 Å². The molecule has 16 heavy (non-hydrogen) atoms. The lowest BCUT2D eigenvalue weighted by atomic mass is 10.00. The minimum Gasteiger partial charge on any atom is -0.390 e. The Kier molecular flexibility index (Phi) is 3.29. The van der Waals surface area contributed by atoms with Crippen molar-refractivity contribution in [2.75, 3.05) is 18.1 Å². The topological polar surface area (TPSA) is 57.6 Å². The maximum Gasteiger partial charge on any atom is 0.154 e. The number of hydrogen-bond donors (Lipinski definition) is 1. The third kappa shape index (κ3) is 2.26. The van der Waals surface area contributed by atoms with Gasteiger partial charge in [-0.1, -0.05) is 13.8 Å². The Labute approximate surface area is 97.6 Å². The highest BCUT2D eigenvalue weighted by molar-refractivity contribution is 7.91. The van der Waals surface area contributed by atoms with Crippen LogP contribution in [0.4, 0.5) is 0 Å². The fraction of sp³-hybridized carbons (Fsp3) is 1.00. The molecular weight excluding hydrogens is 226 g/mol. The molecular formula is C11H21NO3S. The molecule has 2 aliphatic rings. The van der Waals surface area contributed by atoms with E-state index in [2.05, 4.69) is 18.7 Å². The fourth-order valence-electron chi connectivity index (χ4n) is 3.07. The van der Waals surface area contributed by atoms with Gasteiger partial charge >= 0.3 is 0 Å². The number of hydrogen-bond acceptors (Lipinski definition) is 4. The molecule has 1 N–H and O–H groups in total. The van der Waals surface area contributed by atoms with E-state index >= 15 is 0 Å². The minimum absolute atomic E-state index is 0.0566. The Balaban J connectivity index is 2.13. The Morgan fingerprint density at radius 1 is 1.31 bits per heavy atom. The molecule has 5 heteroatoms. The van der Waals surface area contributed by atoms with Crippen LogP contribution in [-0.2, 0) is 9.84 Å². The molecule has 2 fully saturated rings. The number of aliphatic hydroxyl groups excluding tert-OH is 1. The van der Waals surface area contributed by atoms with Crippen molar-refractivity contribution in [2.45, 2.75) is 44.9 Å². The molecule has 94 valence electrons. The summed E-state index contributed by atoms with van der Waals surface area (Å²) in [5.41, 5.74) is 0. The van der Waals surface area contributed by atoms with E-state index in [0.29, 0.717) is 12.0 Å². The summed E-state index contributed by atoms with van der Waals surface area (Å²) >= 11 is 0. The van der Waals surface area contributed by atoms with Crippen molar-refractivity contribution < 1.29 is 13.5 Å². The first kappa shape index (κ1) is 12.3. The predicted molar refractivity (Wildman–Crippen MR) is 63.0 cm³/mol. The van der Waals surface area contributed by atoms with Gasteiger partial charge in [-0.15, -0.1) is 0 Å². The highest BCUT2D eigenvalue weighted by Crippen LogP contribution is 2.30. The summed E-state index contributed by atoms with van der Waals surface area (Å²) in [6.07, 6.45) is 1.55. The van der Waals surface area contributed by atoms with Crippen LogP contribution < -0.4 is 0 Å². The second-order valence-corrected chi connectivity index (χ2v) is 7.56. The van der Waals surface area contributed by atoms with E-state index in [4.69, 9.17) is 0 Å². The normalized spacial score (nSPS) is 39.6. The highest BCUT2D eigenvalue weighted by atomic mass is 32.2. The van der Waals surface area contributed by atoms with Crippen LogP contribution >= 0.6 is 0 Å². The zero-order valence-corrected chi connectivity index (χ0v) is 10.8. The second-order valence-electron chi connectivity index (χ2n) is 5.40. The Bertz CT molecular complexity index is 352. The Morgan fingerprint density at radius 3 is 2.50 bits per heavy atom. The lowest BCUT2D eigenvalue weighted by molar-refractivity contribution is 0.0624. The van der Waals surface area contributed by atoms with E-state index in [0.717, 1.165) is 19.4 Å². The molecule has 2 saturated heterocycles. The summed E-state index contributed by atoms with van der Waals surface area (Å²) in [6.45, 7) is 5.26. The van der Waals surface area contributed by atoms with Gasteiger partial charge in [0.1, 0.15) is 0 Å². The first-order valence-corrected chi connectivity index (χ1v) is 7.87. The zero-order chi connectivity index (χ0) is 11.9. The largest absolute Gasteiger partial charge is 0.390 e. The number of rotatable bonds is 2. The number of aliphatic hydroxyl groups is 1. The number of nitrogens with zero attached hydrogens (tertiary/aromatic N) is 1. The van der Waals surface area contributed by atoms with Crippen LogP contribution in [-0.4, -0.2) is 54.7 Å². The van der Waals surface area contributed by atoms with Gasteiger partial charge in [0, 0.05) is 6.04 Å². The molecule has 0 bridgehead atoms. The van der Waals surface area contributed by atoms with Crippen LogP contribution in [0.15, 0.2) is 0 Å². The molecule has 4 nitrogen and oxygen atoms in total. The van der Waals surface area contributed by atoms with Crippen LogP contribution in [0, 0.1) is 5.92 Å². The maximum atomic E-state index is 11.5. The quantitative estimate of drug-likeness (QED) is 0.761. The van der Waals surface area contributed by atoms with Gasteiger partial charge in [-0.3, -0.25) is 4.90 Å². The monoisotopic (exact) mass is 247 g/mol. The minimum atomic E-state index is -3.02. The summed E-state index contributed by atoms with van der Waals surface area (Å²) in [4.78, 5) is 2.22. The smallest absolute Gasteiger partial charge is 0.154 e. The van der Waals surface area contributed by atoms with Crippen molar-refractivity contribution >= 4 is 9.84 Å². The third-order valence-corrected chi connectivity index (χ3v) is 5.53. The SMILES string of the molecule is CC(C)C1CCCN1C1CS(=O)(=O)CC1O. The van der Waals surface area contributed by atoms with E-state index in [-0.39, 0.29) is 17.5 Å². The van der Waals surface area contributed by atoms with Crippen LogP contribution in [0.1, 0.15) is 26.7 Å². The van der Waals surface area contributed by atoms with Crippen LogP contribution in [0.5, 0.6) is 0 Å². The van der Waals surface area contributed by atoms with Gasteiger partial charge in [0.25, 0.3) is 0 Å². The van der Waals surface area contributed by atoms with Gasteiger partial charge in [-0.05, 0) is 25.3 Å². The number of sulfone groups is 1. The molecule has 0 saturated carbocycles. The van der Waals surface area contributed by atoms with E-state index in [9.17, 15) is 13.5 Å². The molecule has 0 spiro atoms. The second kappa shape index (κ2) is 4.27. The van der Waals surface area contributed by atoms with Crippen LogP contribution in [0.2, 0.25) is 0 Å². The van der Waals surface area contributed by atoms with E-state index in [1.165, 1.54) is 0 Å². The lowest BCUT2D eigenvalue weighted by Crippen LogP contribution is -2.47. The number of likely N-dealkylation sites (tertiary alicyclic amines) is 1. The van der Waals surface area contributed by atoms with Crippen LogP contribution in [0.25, 0.3) is 0 Å². The molecule has 2 heterocycles. The standard InChI is InChI=1S/C11H21NO3S/c1-8(2)9-4-3-5-12(9)10-6-16(14,15)7-11(10)13/h8-11,13H,3-7H2,1-2H3.